The molecule has 0 saturated heterocycles. The van der Waals surface area contributed by atoms with Crippen LogP contribution in [0.3, 0.4) is 0 Å². The van der Waals surface area contributed by atoms with Gasteiger partial charge in [-0.05, 0) is 36.3 Å². The van der Waals surface area contributed by atoms with E-state index in [2.05, 4.69) is 26.1 Å². The van der Waals surface area contributed by atoms with Gasteiger partial charge in [-0.25, -0.2) is 0 Å². The van der Waals surface area contributed by atoms with Crippen molar-refractivity contribution in [2.24, 2.45) is 17.1 Å². The first kappa shape index (κ1) is 16.2. The van der Waals surface area contributed by atoms with Gasteiger partial charge in [-0.3, -0.25) is 4.79 Å². The number of amides is 1. The third kappa shape index (κ3) is 3.18. The molecule has 1 aromatic carbocycles. The van der Waals surface area contributed by atoms with E-state index in [1.165, 1.54) is 0 Å². The number of para-hydroxylation sites is 1. The summed E-state index contributed by atoms with van der Waals surface area (Å²) in [5.74, 6) is -0.0884. The van der Waals surface area contributed by atoms with Crippen LogP contribution in [0.2, 0.25) is 5.02 Å². The number of carbonyl (C=O) groups is 1. The van der Waals surface area contributed by atoms with E-state index in [0.29, 0.717) is 5.02 Å². The van der Waals surface area contributed by atoms with Gasteiger partial charge in [0.1, 0.15) is 5.54 Å². The third-order valence-electron chi connectivity index (χ3n) is 4.63. The van der Waals surface area contributed by atoms with Crippen molar-refractivity contribution in [3.63, 3.8) is 0 Å². The molecule has 1 aliphatic carbocycles. The van der Waals surface area contributed by atoms with E-state index in [1.807, 2.05) is 24.3 Å². The van der Waals surface area contributed by atoms with Gasteiger partial charge in [0.15, 0.2) is 0 Å². The Morgan fingerprint density at radius 1 is 1.33 bits per heavy atom. The summed E-state index contributed by atoms with van der Waals surface area (Å²) >= 11 is 6.26. The molecule has 116 valence electrons. The van der Waals surface area contributed by atoms with Crippen LogP contribution >= 0.6 is 11.6 Å². The molecule has 0 heterocycles. The molecule has 3 nitrogen and oxygen atoms in total. The Bertz CT molecular complexity index is 524. The minimum atomic E-state index is -0.721. The molecule has 0 aliphatic heterocycles. The van der Waals surface area contributed by atoms with Crippen LogP contribution in [0, 0.1) is 11.3 Å². The van der Waals surface area contributed by atoms with Crippen molar-refractivity contribution >= 4 is 23.2 Å². The zero-order chi connectivity index (χ0) is 15.7. The number of benzene rings is 1. The van der Waals surface area contributed by atoms with Crippen molar-refractivity contribution in [2.45, 2.75) is 52.0 Å². The van der Waals surface area contributed by atoms with E-state index in [0.717, 1.165) is 31.4 Å². The highest BCUT2D eigenvalue weighted by atomic mass is 35.5. The highest BCUT2D eigenvalue weighted by Gasteiger charge is 2.50. The first-order chi connectivity index (χ1) is 9.77. The molecule has 1 fully saturated rings. The fourth-order valence-corrected chi connectivity index (χ4v) is 3.84. The van der Waals surface area contributed by atoms with E-state index >= 15 is 0 Å². The highest BCUT2D eigenvalue weighted by molar-refractivity contribution is 6.33. The maximum absolute atomic E-state index is 12.4. The fourth-order valence-electron chi connectivity index (χ4n) is 3.65. The lowest BCUT2D eigenvalue weighted by molar-refractivity contribution is -0.127. The molecule has 0 radical (unpaired) electrons. The lowest BCUT2D eigenvalue weighted by Gasteiger charge is -2.49. The summed E-state index contributed by atoms with van der Waals surface area (Å²) in [4.78, 5) is 12.4. The van der Waals surface area contributed by atoms with Gasteiger partial charge in [-0.1, -0.05) is 57.3 Å². The molecule has 0 aromatic heterocycles. The maximum Gasteiger partial charge on any atom is 0.243 e. The number of nitrogens with one attached hydrogen (secondary N) is 1. The lowest BCUT2D eigenvalue weighted by Crippen LogP contribution is -2.60. The zero-order valence-electron chi connectivity index (χ0n) is 13.1. The van der Waals surface area contributed by atoms with Gasteiger partial charge < -0.3 is 11.1 Å². The van der Waals surface area contributed by atoms with Crippen molar-refractivity contribution in [1.82, 2.24) is 0 Å². The molecule has 4 heteroatoms. The van der Waals surface area contributed by atoms with Crippen LogP contribution in [0.4, 0.5) is 5.69 Å². The number of hydrogen-bond donors (Lipinski definition) is 2. The van der Waals surface area contributed by atoms with Crippen molar-refractivity contribution in [1.29, 1.82) is 0 Å². The van der Waals surface area contributed by atoms with E-state index in [-0.39, 0.29) is 17.2 Å². The Morgan fingerprint density at radius 2 is 2.00 bits per heavy atom. The Balaban J connectivity index is 2.44. The number of hydrogen-bond acceptors (Lipinski definition) is 2. The maximum atomic E-state index is 12.4. The Labute approximate surface area is 132 Å². The van der Waals surface area contributed by atoms with E-state index in [4.69, 9.17) is 17.3 Å². The zero-order valence-corrected chi connectivity index (χ0v) is 13.8. The quantitative estimate of drug-likeness (QED) is 0.878. The number of primary amides is 1. The summed E-state index contributed by atoms with van der Waals surface area (Å²) in [7, 11) is 0. The standard InChI is InChI=1S/C17H25ClN2O/c1-16(2,3)14-10-6-7-11-17(14,15(19)21)20-13-9-5-4-8-12(13)18/h4-5,8-9,14,20H,6-7,10-11H2,1-3H3,(H2,19,21). The molecular formula is C17H25ClN2O. The summed E-state index contributed by atoms with van der Waals surface area (Å²) < 4.78 is 0. The Morgan fingerprint density at radius 3 is 2.57 bits per heavy atom. The summed E-state index contributed by atoms with van der Waals surface area (Å²) in [5, 5.41) is 4.03. The van der Waals surface area contributed by atoms with Gasteiger partial charge in [-0.2, -0.15) is 0 Å². The van der Waals surface area contributed by atoms with E-state index in [1.54, 1.807) is 0 Å². The number of halogens is 1. The average molecular weight is 309 g/mol. The topological polar surface area (TPSA) is 55.1 Å². The molecule has 2 rings (SSSR count). The van der Waals surface area contributed by atoms with Gasteiger partial charge in [0, 0.05) is 0 Å². The summed E-state index contributed by atoms with van der Waals surface area (Å²) in [6.07, 6.45) is 3.91. The van der Waals surface area contributed by atoms with Crippen LogP contribution in [-0.4, -0.2) is 11.4 Å². The minimum Gasteiger partial charge on any atom is -0.370 e. The number of nitrogens with two attached hydrogens (primary N) is 1. The van der Waals surface area contributed by atoms with E-state index < -0.39 is 5.54 Å². The minimum absolute atomic E-state index is 0.00368. The molecule has 21 heavy (non-hydrogen) atoms. The normalized spacial score (nSPS) is 26.4. The fraction of sp³-hybridized carbons (Fsp3) is 0.588. The van der Waals surface area contributed by atoms with Gasteiger partial charge in [0.05, 0.1) is 10.7 Å². The monoisotopic (exact) mass is 308 g/mol. The SMILES string of the molecule is CC(C)(C)C1CCCCC1(Nc1ccccc1Cl)C(N)=O. The Hall–Kier alpha value is -1.22. The molecule has 0 spiro atoms. The molecule has 1 aromatic rings. The second-order valence-electron chi connectivity index (χ2n) is 7.10. The molecule has 0 bridgehead atoms. The summed E-state index contributed by atoms with van der Waals surface area (Å²) in [6, 6.07) is 7.53. The van der Waals surface area contributed by atoms with Crippen LogP contribution in [0.15, 0.2) is 24.3 Å². The lowest BCUT2D eigenvalue weighted by atomic mass is 9.61. The van der Waals surface area contributed by atoms with E-state index in [9.17, 15) is 4.79 Å². The summed E-state index contributed by atoms with van der Waals surface area (Å²) in [5.41, 5.74) is 5.91. The predicted octanol–water partition coefficient (Wildman–Crippen LogP) is 4.21. The van der Waals surface area contributed by atoms with Crippen molar-refractivity contribution < 1.29 is 4.79 Å². The highest BCUT2D eigenvalue weighted by Crippen LogP contribution is 2.46. The van der Waals surface area contributed by atoms with Gasteiger partial charge in [0.2, 0.25) is 5.91 Å². The molecule has 1 amide bonds. The first-order valence-corrected chi connectivity index (χ1v) is 7.98. The molecule has 3 N–H and O–H groups in total. The molecule has 1 saturated carbocycles. The first-order valence-electron chi connectivity index (χ1n) is 7.60. The smallest absolute Gasteiger partial charge is 0.243 e. The predicted molar refractivity (Wildman–Crippen MR) is 88.4 cm³/mol. The Kier molecular flexibility index (Phi) is 4.52. The molecular weight excluding hydrogens is 284 g/mol. The molecule has 2 unspecified atom stereocenters. The van der Waals surface area contributed by atoms with Crippen LogP contribution in [-0.2, 0) is 4.79 Å². The van der Waals surface area contributed by atoms with Gasteiger partial charge in [0.25, 0.3) is 0 Å². The number of carbonyl (C=O) groups excluding carboxylic acids is 1. The van der Waals surface area contributed by atoms with Crippen LogP contribution in [0.5, 0.6) is 0 Å². The van der Waals surface area contributed by atoms with Crippen molar-refractivity contribution in [2.75, 3.05) is 5.32 Å². The van der Waals surface area contributed by atoms with Gasteiger partial charge >= 0.3 is 0 Å². The average Bonchev–Trinajstić information content (AvgIpc) is 2.40. The third-order valence-corrected chi connectivity index (χ3v) is 4.96. The van der Waals surface area contributed by atoms with Crippen LogP contribution < -0.4 is 11.1 Å². The van der Waals surface area contributed by atoms with Crippen molar-refractivity contribution in [3.8, 4) is 0 Å². The second kappa shape index (κ2) is 5.88. The summed E-state index contributed by atoms with van der Waals surface area (Å²) in [6.45, 7) is 6.53. The molecule has 1 aliphatic rings. The number of rotatable bonds is 3. The van der Waals surface area contributed by atoms with Gasteiger partial charge in [-0.15, -0.1) is 0 Å². The van der Waals surface area contributed by atoms with Crippen LogP contribution in [0.1, 0.15) is 46.5 Å². The number of anilines is 1. The second-order valence-corrected chi connectivity index (χ2v) is 7.51. The largest absolute Gasteiger partial charge is 0.370 e. The van der Waals surface area contributed by atoms with Crippen molar-refractivity contribution in [3.05, 3.63) is 29.3 Å². The van der Waals surface area contributed by atoms with Crippen LogP contribution in [0.25, 0.3) is 0 Å². The molecule has 2 atom stereocenters.